The fraction of sp³-hybridized carbons (Fsp3) is 0.417. The van der Waals surface area contributed by atoms with Crippen LogP contribution in [0, 0.1) is 19.7 Å². The Bertz CT molecular complexity index is 833. The first-order valence-corrected chi connectivity index (χ1v) is 10.2. The van der Waals surface area contributed by atoms with Crippen LogP contribution in [0.4, 0.5) is 4.39 Å². The molecule has 0 aliphatic carbocycles. The summed E-state index contributed by atoms with van der Waals surface area (Å²) in [6.45, 7) is 8.78. The van der Waals surface area contributed by atoms with Crippen molar-refractivity contribution in [1.29, 1.82) is 0 Å². The van der Waals surface area contributed by atoms with Crippen molar-refractivity contribution >= 4 is 11.8 Å². The summed E-state index contributed by atoms with van der Waals surface area (Å²) in [5.41, 5.74) is 4.02. The Kier molecular flexibility index (Phi) is 8.37. The minimum absolute atomic E-state index is 0.115. The number of hydrogen-bond acceptors (Lipinski definition) is 2. The van der Waals surface area contributed by atoms with Crippen molar-refractivity contribution in [3.8, 4) is 0 Å². The van der Waals surface area contributed by atoms with E-state index in [9.17, 15) is 14.0 Å². The SMILES string of the molecule is CCCNC(=O)C(CC)N(Cc1ccc(F)cc1)C(=O)Cc1ccc(C)c(C)c1. The van der Waals surface area contributed by atoms with Gasteiger partial charge in [-0.3, -0.25) is 9.59 Å². The molecule has 0 heterocycles. The van der Waals surface area contributed by atoms with Gasteiger partial charge in [0.2, 0.25) is 11.8 Å². The number of nitrogens with zero attached hydrogens (tertiary/aromatic N) is 1. The number of carbonyl (C=O) groups is 2. The molecule has 0 aliphatic rings. The van der Waals surface area contributed by atoms with Crippen LogP contribution in [0.2, 0.25) is 0 Å². The van der Waals surface area contributed by atoms with Crippen LogP contribution in [0.15, 0.2) is 42.5 Å². The highest BCUT2D eigenvalue weighted by atomic mass is 19.1. The van der Waals surface area contributed by atoms with Crippen LogP contribution in [0.1, 0.15) is 48.9 Å². The van der Waals surface area contributed by atoms with E-state index in [1.54, 1.807) is 17.0 Å². The van der Waals surface area contributed by atoms with Crippen molar-refractivity contribution in [1.82, 2.24) is 10.2 Å². The van der Waals surface area contributed by atoms with Gasteiger partial charge in [0.05, 0.1) is 6.42 Å². The number of amides is 2. The molecule has 29 heavy (non-hydrogen) atoms. The highest BCUT2D eigenvalue weighted by Gasteiger charge is 2.28. The van der Waals surface area contributed by atoms with Crippen molar-refractivity contribution in [3.63, 3.8) is 0 Å². The third kappa shape index (κ3) is 6.41. The Morgan fingerprint density at radius 1 is 1.00 bits per heavy atom. The van der Waals surface area contributed by atoms with E-state index in [2.05, 4.69) is 5.32 Å². The van der Waals surface area contributed by atoms with E-state index in [0.717, 1.165) is 23.1 Å². The van der Waals surface area contributed by atoms with Gasteiger partial charge in [-0.05, 0) is 61.1 Å². The second-order valence-electron chi connectivity index (χ2n) is 7.46. The normalized spacial score (nSPS) is 11.8. The smallest absolute Gasteiger partial charge is 0.242 e. The average Bonchev–Trinajstić information content (AvgIpc) is 2.70. The maximum absolute atomic E-state index is 13.3. The molecule has 156 valence electrons. The van der Waals surface area contributed by atoms with E-state index in [-0.39, 0.29) is 30.6 Å². The van der Waals surface area contributed by atoms with Crippen LogP contribution in [-0.4, -0.2) is 29.3 Å². The zero-order valence-corrected chi connectivity index (χ0v) is 17.8. The maximum Gasteiger partial charge on any atom is 0.242 e. The van der Waals surface area contributed by atoms with Crippen molar-refractivity contribution < 1.29 is 14.0 Å². The lowest BCUT2D eigenvalue weighted by Crippen LogP contribution is -2.49. The first-order valence-electron chi connectivity index (χ1n) is 10.2. The molecule has 2 aromatic carbocycles. The molecule has 2 rings (SSSR count). The van der Waals surface area contributed by atoms with E-state index >= 15 is 0 Å². The molecule has 4 nitrogen and oxygen atoms in total. The van der Waals surface area contributed by atoms with Gasteiger partial charge in [0.25, 0.3) is 0 Å². The minimum Gasteiger partial charge on any atom is -0.354 e. The summed E-state index contributed by atoms with van der Waals surface area (Å²) >= 11 is 0. The highest BCUT2D eigenvalue weighted by molar-refractivity contribution is 5.88. The number of hydrogen-bond donors (Lipinski definition) is 1. The molecule has 0 radical (unpaired) electrons. The third-order valence-electron chi connectivity index (χ3n) is 5.13. The molecule has 5 heteroatoms. The fourth-order valence-corrected chi connectivity index (χ4v) is 3.26. The summed E-state index contributed by atoms with van der Waals surface area (Å²) in [6.07, 6.45) is 1.56. The molecular weight excluding hydrogens is 367 g/mol. The van der Waals surface area contributed by atoms with Crippen molar-refractivity contribution in [2.24, 2.45) is 0 Å². The monoisotopic (exact) mass is 398 g/mol. The molecule has 1 N–H and O–H groups in total. The summed E-state index contributed by atoms with van der Waals surface area (Å²) in [7, 11) is 0. The van der Waals surface area contributed by atoms with Crippen molar-refractivity contribution in [3.05, 3.63) is 70.5 Å². The van der Waals surface area contributed by atoms with E-state index in [1.165, 1.54) is 17.7 Å². The molecule has 0 fully saturated rings. The average molecular weight is 399 g/mol. The van der Waals surface area contributed by atoms with Crippen LogP contribution in [0.25, 0.3) is 0 Å². The van der Waals surface area contributed by atoms with E-state index < -0.39 is 6.04 Å². The zero-order valence-electron chi connectivity index (χ0n) is 17.8. The first-order chi connectivity index (χ1) is 13.8. The van der Waals surface area contributed by atoms with Gasteiger partial charge < -0.3 is 10.2 Å². The molecule has 2 aromatic rings. The topological polar surface area (TPSA) is 49.4 Å². The van der Waals surface area contributed by atoms with Gasteiger partial charge in [0.1, 0.15) is 11.9 Å². The van der Waals surface area contributed by atoms with Gasteiger partial charge in [0, 0.05) is 13.1 Å². The number of rotatable bonds is 9. The molecule has 0 aromatic heterocycles. The predicted molar refractivity (Wildman–Crippen MR) is 114 cm³/mol. The minimum atomic E-state index is -0.564. The molecule has 0 aliphatic heterocycles. The van der Waals surface area contributed by atoms with Gasteiger partial charge in [-0.2, -0.15) is 0 Å². The van der Waals surface area contributed by atoms with Crippen LogP contribution >= 0.6 is 0 Å². The summed E-state index contributed by atoms with van der Waals surface area (Å²) in [6, 6.07) is 11.5. The largest absolute Gasteiger partial charge is 0.354 e. The van der Waals surface area contributed by atoms with Gasteiger partial charge >= 0.3 is 0 Å². The van der Waals surface area contributed by atoms with Crippen LogP contribution in [-0.2, 0) is 22.6 Å². The molecule has 0 spiro atoms. The summed E-state index contributed by atoms with van der Waals surface area (Å²) in [5, 5.41) is 2.90. The number of benzene rings is 2. The Morgan fingerprint density at radius 2 is 1.66 bits per heavy atom. The van der Waals surface area contributed by atoms with Crippen LogP contribution < -0.4 is 5.32 Å². The first kappa shape index (κ1) is 22.6. The molecule has 1 unspecified atom stereocenters. The van der Waals surface area contributed by atoms with E-state index in [0.29, 0.717) is 13.0 Å². The lowest BCUT2D eigenvalue weighted by Gasteiger charge is -2.31. The Balaban J connectivity index is 2.27. The second-order valence-corrected chi connectivity index (χ2v) is 7.46. The molecule has 0 saturated carbocycles. The lowest BCUT2D eigenvalue weighted by molar-refractivity contribution is -0.140. The van der Waals surface area contributed by atoms with Crippen molar-refractivity contribution in [2.75, 3.05) is 6.54 Å². The number of carbonyl (C=O) groups excluding carboxylic acids is 2. The van der Waals surface area contributed by atoms with Crippen LogP contribution in [0.3, 0.4) is 0 Å². The molecular formula is C24H31FN2O2. The quantitative estimate of drug-likeness (QED) is 0.684. The predicted octanol–water partition coefficient (Wildman–Crippen LogP) is 4.32. The van der Waals surface area contributed by atoms with Gasteiger partial charge in [-0.1, -0.05) is 44.2 Å². The molecule has 0 bridgehead atoms. The summed E-state index contributed by atoms with van der Waals surface area (Å²) in [5.74, 6) is -0.588. The van der Waals surface area contributed by atoms with Gasteiger partial charge in [-0.15, -0.1) is 0 Å². The Labute approximate surface area is 173 Å². The molecule has 1 atom stereocenters. The lowest BCUT2D eigenvalue weighted by atomic mass is 10.0. The fourth-order valence-electron chi connectivity index (χ4n) is 3.26. The summed E-state index contributed by atoms with van der Waals surface area (Å²) < 4.78 is 13.3. The number of aryl methyl sites for hydroxylation is 2. The molecule has 2 amide bonds. The van der Waals surface area contributed by atoms with Gasteiger partial charge in [-0.25, -0.2) is 4.39 Å². The maximum atomic E-state index is 13.3. The highest BCUT2D eigenvalue weighted by Crippen LogP contribution is 2.17. The zero-order chi connectivity index (χ0) is 21.4. The van der Waals surface area contributed by atoms with Crippen molar-refractivity contribution in [2.45, 2.75) is 59.5 Å². The Hall–Kier alpha value is -2.69. The number of nitrogens with one attached hydrogen (secondary N) is 1. The Morgan fingerprint density at radius 3 is 2.24 bits per heavy atom. The molecule has 0 saturated heterocycles. The van der Waals surface area contributed by atoms with Crippen LogP contribution in [0.5, 0.6) is 0 Å². The summed E-state index contributed by atoms with van der Waals surface area (Å²) in [4.78, 5) is 27.6. The number of halogens is 1. The second kappa shape index (κ2) is 10.7. The van der Waals surface area contributed by atoms with E-state index in [1.807, 2.05) is 45.9 Å². The van der Waals surface area contributed by atoms with E-state index in [4.69, 9.17) is 0 Å². The van der Waals surface area contributed by atoms with Gasteiger partial charge in [0.15, 0.2) is 0 Å². The third-order valence-corrected chi connectivity index (χ3v) is 5.13. The standard InChI is InChI=1S/C24H31FN2O2/c1-5-13-26-24(29)22(6-2)27(16-19-9-11-21(25)12-10-19)23(28)15-20-8-7-17(3)18(4)14-20/h7-12,14,22H,5-6,13,15-16H2,1-4H3,(H,26,29).